The van der Waals surface area contributed by atoms with Gasteiger partial charge in [0.05, 0.1) is 0 Å². The van der Waals surface area contributed by atoms with E-state index in [1.54, 1.807) is 0 Å². The first-order valence-corrected chi connectivity index (χ1v) is 7.29. The molecule has 5 nitrogen and oxygen atoms in total. The van der Waals surface area contributed by atoms with Crippen molar-refractivity contribution in [1.29, 1.82) is 0 Å². The van der Waals surface area contributed by atoms with E-state index in [2.05, 4.69) is 55.1 Å². The fourth-order valence-corrected chi connectivity index (χ4v) is 2.51. The molecule has 5 heteroatoms. The largest absolute Gasteiger partial charge is 0.384 e. The Morgan fingerprint density at radius 3 is 2.40 bits per heavy atom. The Labute approximate surface area is 122 Å². The fourth-order valence-electron chi connectivity index (χ4n) is 2.51. The molecule has 0 atom stereocenters. The Morgan fingerprint density at radius 2 is 1.95 bits per heavy atom. The van der Waals surface area contributed by atoms with E-state index in [0.717, 1.165) is 18.2 Å². The molecule has 0 radical (unpaired) electrons. The summed E-state index contributed by atoms with van der Waals surface area (Å²) in [6.07, 6.45) is 3.78. The van der Waals surface area contributed by atoms with Gasteiger partial charge in [-0.05, 0) is 33.4 Å². The van der Waals surface area contributed by atoms with E-state index in [1.807, 2.05) is 6.07 Å². The molecule has 1 aromatic heterocycles. The number of nitrogens with one attached hydrogen (secondary N) is 1. The van der Waals surface area contributed by atoms with Crippen LogP contribution in [0, 0.1) is 0 Å². The van der Waals surface area contributed by atoms with Crippen molar-refractivity contribution in [2.75, 3.05) is 31.7 Å². The number of anilines is 2. The second kappa shape index (κ2) is 5.20. The van der Waals surface area contributed by atoms with Crippen LogP contribution >= 0.6 is 0 Å². The smallest absolute Gasteiger partial charge is 0.138 e. The molecule has 112 valence electrons. The van der Waals surface area contributed by atoms with Gasteiger partial charge in [-0.1, -0.05) is 20.8 Å². The lowest BCUT2D eigenvalue weighted by atomic mass is 9.75. The van der Waals surface area contributed by atoms with Gasteiger partial charge in [0, 0.05) is 23.6 Å². The predicted octanol–water partition coefficient (Wildman–Crippen LogP) is 2.25. The summed E-state index contributed by atoms with van der Waals surface area (Å²) in [7, 11) is 4.30. The van der Waals surface area contributed by atoms with Crippen molar-refractivity contribution in [3.05, 3.63) is 11.9 Å². The van der Waals surface area contributed by atoms with Gasteiger partial charge in [-0.25, -0.2) is 9.97 Å². The normalized spacial score (nSPS) is 17.9. The van der Waals surface area contributed by atoms with E-state index in [0.29, 0.717) is 5.82 Å². The molecule has 1 heterocycles. The lowest BCUT2D eigenvalue weighted by Gasteiger charge is -2.47. The molecule has 1 saturated carbocycles. The van der Waals surface area contributed by atoms with Crippen LogP contribution in [-0.4, -0.2) is 41.0 Å². The van der Waals surface area contributed by atoms with E-state index >= 15 is 0 Å². The number of hydrogen-bond acceptors (Lipinski definition) is 5. The van der Waals surface area contributed by atoms with Crippen molar-refractivity contribution >= 4 is 11.6 Å². The summed E-state index contributed by atoms with van der Waals surface area (Å²) in [5.41, 5.74) is 6.07. The molecule has 1 aromatic rings. The minimum Gasteiger partial charge on any atom is -0.384 e. The Bertz CT molecular complexity index is 472. The topological polar surface area (TPSA) is 67.1 Å². The monoisotopic (exact) mass is 277 g/mol. The summed E-state index contributed by atoms with van der Waals surface area (Å²) in [5.74, 6) is 2.14. The van der Waals surface area contributed by atoms with Gasteiger partial charge in [0.2, 0.25) is 0 Å². The molecule has 0 amide bonds. The SMILES string of the molecule is CN(C)C1(CNc2cc(N)nc(C(C)(C)C)n2)CCC1. The molecule has 1 aliphatic carbocycles. The van der Waals surface area contributed by atoms with Gasteiger partial charge in [-0.2, -0.15) is 0 Å². The number of rotatable bonds is 4. The van der Waals surface area contributed by atoms with Crippen LogP contribution in [0.2, 0.25) is 0 Å². The Morgan fingerprint density at radius 1 is 1.30 bits per heavy atom. The Balaban J connectivity index is 2.12. The van der Waals surface area contributed by atoms with Crippen LogP contribution in [-0.2, 0) is 5.41 Å². The highest BCUT2D eigenvalue weighted by Gasteiger charge is 2.38. The maximum atomic E-state index is 5.90. The number of nitrogen functional groups attached to an aromatic ring is 1. The number of likely N-dealkylation sites (N-methyl/N-ethyl adjacent to an activating group) is 1. The summed E-state index contributed by atoms with van der Waals surface area (Å²) in [4.78, 5) is 11.3. The first kappa shape index (κ1) is 15.0. The van der Waals surface area contributed by atoms with E-state index in [9.17, 15) is 0 Å². The lowest BCUT2D eigenvalue weighted by molar-refractivity contribution is 0.0738. The van der Waals surface area contributed by atoms with Crippen LogP contribution in [0.3, 0.4) is 0 Å². The van der Waals surface area contributed by atoms with Crippen LogP contribution in [0.25, 0.3) is 0 Å². The van der Waals surface area contributed by atoms with Crippen LogP contribution in [0.4, 0.5) is 11.6 Å². The molecule has 0 bridgehead atoms. The second-order valence-electron chi connectivity index (χ2n) is 7.08. The molecule has 3 N–H and O–H groups in total. The average Bonchev–Trinajstić information content (AvgIpc) is 2.25. The third-order valence-corrected chi connectivity index (χ3v) is 4.25. The summed E-state index contributed by atoms with van der Waals surface area (Å²) in [6, 6.07) is 1.82. The molecule has 0 aromatic carbocycles. The highest BCUT2D eigenvalue weighted by Crippen LogP contribution is 2.36. The average molecular weight is 277 g/mol. The quantitative estimate of drug-likeness (QED) is 0.883. The van der Waals surface area contributed by atoms with Crippen LogP contribution < -0.4 is 11.1 Å². The number of aromatic nitrogens is 2. The third-order valence-electron chi connectivity index (χ3n) is 4.25. The molecule has 0 saturated heterocycles. The van der Waals surface area contributed by atoms with Crippen molar-refractivity contribution < 1.29 is 0 Å². The summed E-state index contributed by atoms with van der Waals surface area (Å²) < 4.78 is 0. The first-order chi connectivity index (χ1) is 9.23. The molecule has 0 spiro atoms. The van der Waals surface area contributed by atoms with Crippen molar-refractivity contribution in [1.82, 2.24) is 14.9 Å². The van der Waals surface area contributed by atoms with E-state index < -0.39 is 0 Å². The van der Waals surface area contributed by atoms with Crippen LogP contribution in [0.15, 0.2) is 6.07 Å². The zero-order valence-corrected chi connectivity index (χ0v) is 13.3. The van der Waals surface area contributed by atoms with Gasteiger partial charge in [0.1, 0.15) is 17.5 Å². The number of nitrogens with two attached hydrogens (primary N) is 1. The van der Waals surface area contributed by atoms with E-state index in [1.165, 1.54) is 19.3 Å². The lowest BCUT2D eigenvalue weighted by Crippen LogP contribution is -2.54. The van der Waals surface area contributed by atoms with Crippen molar-refractivity contribution in [3.63, 3.8) is 0 Å². The molecule has 1 fully saturated rings. The standard InChI is InChI=1S/C15H27N5/c1-14(2,3)13-18-11(16)9-12(19-13)17-10-15(20(4)5)7-6-8-15/h9H,6-8,10H2,1-5H3,(H3,16,17,18,19). The number of nitrogens with zero attached hydrogens (tertiary/aromatic N) is 3. The summed E-state index contributed by atoms with van der Waals surface area (Å²) >= 11 is 0. The van der Waals surface area contributed by atoms with E-state index in [4.69, 9.17) is 5.73 Å². The Hall–Kier alpha value is -1.36. The van der Waals surface area contributed by atoms with Crippen molar-refractivity contribution in [2.24, 2.45) is 0 Å². The predicted molar refractivity (Wildman–Crippen MR) is 83.9 cm³/mol. The highest BCUT2D eigenvalue weighted by atomic mass is 15.2. The molecular formula is C15H27N5. The second-order valence-corrected chi connectivity index (χ2v) is 7.08. The van der Waals surface area contributed by atoms with Crippen molar-refractivity contribution in [2.45, 2.75) is 51.0 Å². The molecule has 20 heavy (non-hydrogen) atoms. The van der Waals surface area contributed by atoms with Crippen LogP contribution in [0.1, 0.15) is 45.9 Å². The highest BCUT2D eigenvalue weighted by molar-refractivity contribution is 5.45. The molecular weight excluding hydrogens is 250 g/mol. The summed E-state index contributed by atoms with van der Waals surface area (Å²) in [6.45, 7) is 7.19. The Kier molecular flexibility index (Phi) is 3.91. The van der Waals surface area contributed by atoms with Gasteiger partial charge in [-0.3, -0.25) is 0 Å². The number of hydrogen-bond donors (Lipinski definition) is 2. The molecule has 0 aliphatic heterocycles. The van der Waals surface area contributed by atoms with Crippen molar-refractivity contribution in [3.8, 4) is 0 Å². The summed E-state index contributed by atoms with van der Waals surface area (Å²) in [5, 5.41) is 3.45. The minimum atomic E-state index is -0.0957. The molecule has 1 aliphatic rings. The first-order valence-electron chi connectivity index (χ1n) is 7.29. The van der Waals surface area contributed by atoms with Gasteiger partial charge < -0.3 is 16.0 Å². The van der Waals surface area contributed by atoms with Gasteiger partial charge in [-0.15, -0.1) is 0 Å². The van der Waals surface area contributed by atoms with Crippen LogP contribution in [0.5, 0.6) is 0 Å². The zero-order chi connectivity index (χ0) is 15.0. The van der Waals surface area contributed by atoms with Gasteiger partial charge >= 0.3 is 0 Å². The zero-order valence-electron chi connectivity index (χ0n) is 13.3. The third kappa shape index (κ3) is 3.03. The van der Waals surface area contributed by atoms with Gasteiger partial charge in [0.15, 0.2) is 0 Å². The fraction of sp³-hybridized carbons (Fsp3) is 0.733. The maximum absolute atomic E-state index is 5.90. The van der Waals surface area contributed by atoms with E-state index in [-0.39, 0.29) is 11.0 Å². The molecule has 0 unspecified atom stereocenters. The minimum absolute atomic E-state index is 0.0957. The van der Waals surface area contributed by atoms with Gasteiger partial charge in [0.25, 0.3) is 0 Å². The maximum Gasteiger partial charge on any atom is 0.138 e. The molecule has 2 rings (SSSR count).